The fourth-order valence-corrected chi connectivity index (χ4v) is 1.56. The van der Waals surface area contributed by atoms with Crippen LogP contribution < -0.4 is 10.5 Å². The summed E-state index contributed by atoms with van der Waals surface area (Å²) in [5.41, 5.74) is 6.31. The topological polar surface area (TPSA) is 44.5 Å². The molecule has 0 aliphatic rings. The Labute approximate surface area is 103 Å². The Bertz CT molecular complexity index is 357. The van der Waals surface area contributed by atoms with E-state index in [0.717, 1.165) is 10.0 Å². The lowest BCUT2D eigenvalue weighted by atomic mass is 10.2. The standard InChI is InChI=1S/C10H12BrNO2S/c1-13-4-5-14-9-6-7(11)2-3-8(9)10(12)15/h2-3,6H,4-5H2,1H3,(H2,12,15). The van der Waals surface area contributed by atoms with Crippen LogP contribution in [0.5, 0.6) is 5.75 Å². The highest BCUT2D eigenvalue weighted by Gasteiger charge is 2.06. The molecule has 3 nitrogen and oxygen atoms in total. The van der Waals surface area contributed by atoms with Crippen molar-refractivity contribution in [2.24, 2.45) is 5.73 Å². The van der Waals surface area contributed by atoms with Crippen LogP contribution in [0.25, 0.3) is 0 Å². The lowest BCUT2D eigenvalue weighted by Crippen LogP contribution is -2.13. The molecule has 0 saturated carbocycles. The number of methoxy groups -OCH3 is 1. The van der Waals surface area contributed by atoms with Crippen molar-refractivity contribution in [2.45, 2.75) is 0 Å². The minimum atomic E-state index is 0.329. The first kappa shape index (κ1) is 12.4. The Kier molecular flexibility index (Phi) is 5.01. The summed E-state index contributed by atoms with van der Waals surface area (Å²) in [6, 6.07) is 5.54. The summed E-state index contributed by atoms with van der Waals surface area (Å²) < 4.78 is 11.3. The Morgan fingerprint density at radius 2 is 2.20 bits per heavy atom. The predicted molar refractivity (Wildman–Crippen MR) is 67.4 cm³/mol. The number of benzene rings is 1. The number of nitrogens with two attached hydrogens (primary N) is 1. The first-order chi connectivity index (χ1) is 7.15. The van der Waals surface area contributed by atoms with Gasteiger partial charge in [0, 0.05) is 11.6 Å². The third-order valence-electron chi connectivity index (χ3n) is 1.75. The smallest absolute Gasteiger partial charge is 0.130 e. The molecule has 1 rings (SSSR count). The first-order valence-electron chi connectivity index (χ1n) is 4.36. The van der Waals surface area contributed by atoms with E-state index >= 15 is 0 Å². The average Bonchev–Trinajstić information content (AvgIpc) is 2.18. The van der Waals surface area contributed by atoms with E-state index in [1.165, 1.54) is 0 Å². The van der Waals surface area contributed by atoms with Crippen molar-refractivity contribution >= 4 is 33.1 Å². The zero-order chi connectivity index (χ0) is 11.3. The normalized spacial score (nSPS) is 10.0. The molecule has 0 heterocycles. The number of halogens is 1. The molecule has 1 aromatic rings. The van der Waals surface area contributed by atoms with Gasteiger partial charge in [0.2, 0.25) is 0 Å². The zero-order valence-electron chi connectivity index (χ0n) is 8.33. The number of hydrogen-bond donors (Lipinski definition) is 1. The van der Waals surface area contributed by atoms with Gasteiger partial charge in [0.05, 0.1) is 12.2 Å². The zero-order valence-corrected chi connectivity index (χ0v) is 10.7. The molecule has 0 spiro atoms. The van der Waals surface area contributed by atoms with Crippen LogP contribution in [0.2, 0.25) is 0 Å². The molecule has 82 valence electrons. The molecule has 5 heteroatoms. The summed E-state index contributed by atoms with van der Waals surface area (Å²) in [4.78, 5) is 0.329. The van der Waals surface area contributed by atoms with E-state index in [0.29, 0.717) is 24.0 Å². The molecular weight excluding hydrogens is 278 g/mol. The van der Waals surface area contributed by atoms with Gasteiger partial charge in [-0.1, -0.05) is 28.1 Å². The Morgan fingerprint density at radius 1 is 1.47 bits per heavy atom. The van der Waals surface area contributed by atoms with Crippen molar-refractivity contribution in [1.29, 1.82) is 0 Å². The predicted octanol–water partition coefficient (Wildman–Crippen LogP) is 2.11. The van der Waals surface area contributed by atoms with E-state index < -0.39 is 0 Å². The molecule has 0 fully saturated rings. The van der Waals surface area contributed by atoms with Gasteiger partial charge in [-0.15, -0.1) is 0 Å². The van der Waals surface area contributed by atoms with Gasteiger partial charge < -0.3 is 15.2 Å². The molecule has 0 atom stereocenters. The second-order valence-electron chi connectivity index (χ2n) is 2.85. The molecule has 2 N–H and O–H groups in total. The van der Waals surface area contributed by atoms with Crippen LogP contribution in [-0.4, -0.2) is 25.3 Å². The molecule has 0 amide bonds. The number of ether oxygens (including phenoxy) is 2. The van der Waals surface area contributed by atoms with Crippen LogP contribution in [0.3, 0.4) is 0 Å². The maximum atomic E-state index is 5.57. The third-order valence-corrected chi connectivity index (χ3v) is 2.47. The van der Waals surface area contributed by atoms with Gasteiger partial charge >= 0.3 is 0 Å². The lowest BCUT2D eigenvalue weighted by Gasteiger charge is -2.10. The van der Waals surface area contributed by atoms with Crippen molar-refractivity contribution in [1.82, 2.24) is 0 Å². The van der Waals surface area contributed by atoms with Gasteiger partial charge in [-0.2, -0.15) is 0 Å². The van der Waals surface area contributed by atoms with Crippen molar-refractivity contribution in [3.63, 3.8) is 0 Å². The van der Waals surface area contributed by atoms with Crippen LogP contribution in [0.4, 0.5) is 0 Å². The van der Waals surface area contributed by atoms with Gasteiger partial charge in [0.15, 0.2) is 0 Å². The second kappa shape index (κ2) is 6.05. The summed E-state index contributed by atoms with van der Waals surface area (Å²) in [7, 11) is 1.62. The molecule has 1 aromatic carbocycles. The van der Waals surface area contributed by atoms with Crippen LogP contribution in [-0.2, 0) is 4.74 Å². The van der Waals surface area contributed by atoms with Crippen molar-refractivity contribution in [3.05, 3.63) is 28.2 Å². The summed E-state index contributed by atoms with van der Waals surface area (Å²) in [6.07, 6.45) is 0. The van der Waals surface area contributed by atoms with E-state index in [1.807, 2.05) is 18.2 Å². The van der Waals surface area contributed by atoms with Crippen molar-refractivity contribution < 1.29 is 9.47 Å². The van der Waals surface area contributed by atoms with Crippen LogP contribution >= 0.6 is 28.1 Å². The van der Waals surface area contributed by atoms with Gasteiger partial charge in [-0.05, 0) is 18.2 Å². The fraction of sp³-hybridized carbons (Fsp3) is 0.300. The van der Waals surface area contributed by atoms with Crippen LogP contribution in [0.1, 0.15) is 5.56 Å². The Morgan fingerprint density at radius 3 is 2.80 bits per heavy atom. The van der Waals surface area contributed by atoms with E-state index in [1.54, 1.807) is 7.11 Å². The molecular formula is C10H12BrNO2S. The van der Waals surface area contributed by atoms with E-state index in [-0.39, 0.29) is 0 Å². The maximum Gasteiger partial charge on any atom is 0.130 e. The first-order valence-corrected chi connectivity index (χ1v) is 5.56. The van der Waals surface area contributed by atoms with E-state index in [2.05, 4.69) is 15.9 Å². The maximum absolute atomic E-state index is 5.57. The van der Waals surface area contributed by atoms with E-state index in [9.17, 15) is 0 Å². The Balaban J connectivity index is 2.82. The quantitative estimate of drug-likeness (QED) is 0.666. The summed E-state index contributed by atoms with van der Waals surface area (Å²) >= 11 is 8.28. The van der Waals surface area contributed by atoms with Crippen molar-refractivity contribution in [3.8, 4) is 5.75 Å². The van der Waals surface area contributed by atoms with Gasteiger partial charge in [0.25, 0.3) is 0 Å². The molecule has 0 bridgehead atoms. The largest absolute Gasteiger partial charge is 0.490 e. The molecule has 0 aliphatic carbocycles. The Hall–Kier alpha value is -0.650. The second-order valence-corrected chi connectivity index (χ2v) is 4.20. The summed E-state index contributed by atoms with van der Waals surface area (Å²) in [5, 5.41) is 0. The summed E-state index contributed by atoms with van der Waals surface area (Å²) in [6.45, 7) is 1.01. The highest BCUT2D eigenvalue weighted by molar-refractivity contribution is 9.10. The number of thiocarbonyl (C=S) groups is 1. The minimum Gasteiger partial charge on any atom is -0.490 e. The molecule has 0 unspecified atom stereocenters. The van der Waals surface area contributed by atoms with E-state index in [4.69, 9.17) is 27.4 Å². The molecule has 0 aliphatic heterocycles. The molecule has 0 saturated heterocycles. The molecule has 0 aromatic heterocycles. The summed E-state index contributed by atoms with van der Waals surface area (Å²) in [5.74, 6) is 0.675. The van der Waals surface area contributed by atoms with Crippen LogP contribution in [0.15, 0.2) is 22.7 Å². The minimum absolute atomic E-state index is 0.329. The average molecular weight is 290 g/mol. The monoisotopic (exact) mass is 289 g/mol. The van der Waals surface area contributed by atoms with Gasteiger partial charge in [0.1, 0.15) is 17.3 Å². The number of rotatable bonds is 5. The van der Waals surface area contributed by atoms with Crippen molar-refractivity contribution in [2.75, 3.05) is 20.3 Å². The third kappa shape index (κ3) is 3.77. The SMILES string of the molecule is COCCOc1cc(Br)ccc1C(N)=S. The molecule has 15 heavy (non-hydrogen) atoms. The highest BCUT2D eigenvalue weighted by Crippen LogP contribution is 2.23. The van der Waals surface area contributed by atoms with Crippen LogP contribution in [0, 0.1) is 0 Å². The van der Waals surface area contributed by atoms with Gasteiger partial charge in [-0.25, -0.2) is 0 Å². The highest BCUT2D eigenvalue weighted by atomic mass is 79.9. The lowest BCUT2D eigenvalue weighted by molar-refractivity contribution is 0.146. The number of hydrogen-bond acceptors (Lipinski definition) is 3. The fourth-order valence-electron chi connectivity index (χ4n) is 1.05. The van der Waals surface area contributed by atoms with Gasteiger partial charge in [-0.3, -0.25) is 0 Å². The molecule has 0 radical (unpaired) electrons.